The van der Waals surface area contributed by atoms with Crippen molar-refractivity contribution in [2.45, 2.75) is 6.42 Å². The molecule has 0 fully saturated rings. The van der Waals surface area contributed by atoms with Crippen molar-refractivity contribution in [3.8, 4) is 5.75 Å². The molecule has 0 atom stereocenters. The molecule has 1 N–H and O–H groups in total. The van der Waals surface area contributed by atoms with Crippen molar-refractivity contribution in [1.82, 2.24) is 0 Å². The number of benzene rings is 2. The van der Waals surface area contributed by atoms with E-state index in [0.717, 1.165) is 26.6 Å². The molecule has 0 bridgehead atoms. The first-order valence-electron chi connectivity index (χ1n) is 5.12. The first-order chi connectivity index (χ1) is 7.76. The Labute approximate surface area is 103 Å². The van der Waals surface area contributed by atoms with Gasteiger partial charge < -0.3 is 9.84 Å². The van der Waals surface area contributed by atoms with Gasteiger partial charge >= 0.3 is 0 Å². The highest BCUT2D eigenvalue weighted by atomic mass is 79.9. The van der Waals surface area contributed by atoms with E-state index in [4.69, 9.17) is 9.84 Å². The van der Waals surface area contributed by atoms with Gasteiger partial charge in [0.25, 0.3) is 0 Å². The molecule has 16 heavy (non-hydrogen) atoms. The Balaban J connectivity index is 2.68. The molecule has 0 aliphatic heterocycles. The summed E-state index contributed by atoms with van der Waals surface area (Å²) in [5.41, 5.74) is 1.06. The van der Waals surface area contributed by atoms with Crippen LogP contribution in [0.2, 0.25) is 0 Å². The predicted molar refractivity (Wildman–Crippen MR) is 69.0 cm³/mol. The van der Waals surface area contributed by atoms with Gasteiger partial charge in [0.2, 0.25) is 0 Å². The van der Waals surface area contributed by atoms with Crippen molar-refractivity contribution in [2.24, 2.45) is 0 Å². The number of hydrogen-bond acceptors (Lipinski definition) is 2. The number of ether oxygens (including phenoxy) is 1. The molecule has 3 heteroatoms. The molecule has 0 saturated heterocycles. The van der Waals surface area contributed by atoms with Gasteiger partial charge in [-0.25, -0.2) is 0 Å². The van der Waals surface area contributed by atoms with Crippen molar-refractivity contribution in [3.63, 3.8) is 0 Å². The predicted octanol–water partition coefficient (Wildman–Crippen LogP) is 3.15. The molecule has 2 aromatic rings. The third-order valence-corrected chi connectivity index (χ3v) is 3.13. The van der Waals surface area contributed by atoms with Crippen LogP contribution in [0, 0.1) is 0 Å². The minimum Gasteiger partial charge on any atom is -0.496 e. The summed E-state index contributed by atoms with van der Waals surface area (Å²) in [4.78, 5) is 0. The second kappa shape index (κ2) is 4.85. The summed E-state index contributed by atoms with van der Waals surface area (Å²) in [5.74, 6) is 0.837. The summed E-state index contributed by atoms with van der Waals surface area (Å²) in [5, 5.41) is 11.4. The molecule has 0 unspecified atom stereocenters. The molecular formula is C13H13BrO2. The van der Waals surface area contributed by atoms with Crippen LogP contribution in [-0.4, -0.2) is 18.8 Å². The number of hydrogen-bond donors (Lipinski definition) is 1. The van der Waals surface area contributed by atoms with Gasteiger partial charge in [0.15, 0.2) is 0 Å². The van der Waals surface area contributed by atoms with E-state index < -0.39 is 0 Å². The van der Waals surface area contributed by atoms with E-state index in [2.05, 4.69) is 22.0 Å². The van der Waals surface area contributed by atoms with Crippen molar-refractivity contribution in [2.75, 3.05) is 13.7 Å². The Kier molecular flexibility index (Phi) is 3.46. The molecule has 2 aromatic carbocycles. The number of fused-ring (bicyclic) bond motifs is 1. The standard InChI is InChI=1S/C13H13BrO2/c1-16-13-5-2-9-8-10(14)3-4-11(9)12(13)6-7-15/h2-5,8,15H,6-7H2,1H3. The van der Waals surface area contributed by atoms with Crippen molar-refractivity contribution in [1.29, 1.82) is 0 Å². The number of aliphatic hydroxyl groups is 1. The lowest BCUT2D eigenvalue weighted by Gasteiger charge is -2.11. The molecule has 2 rings (SSSR count). The van der Waals surface area contributed by atoms with Gasteiger partial charge in [-0.1, -0.05) is 28.1 Å². The van der Waals surface area contributed by atoms with E-state index in [0.29, 0.717) is 6.42 Å². The summed E-state index contributed by atoms with van der Waals surface area (Å²) in [6.45, 7) is 0.130. The van der Waals surface area contributed by atoms with Crippen LogP contribution in [0.1, 0.15) is 5.56 Å². The topological polar surface area (TPSA) is 29.5 Å². The first kappa shape index (κ1) is 11.4. The fourth-order valence-electron chi connectivity index (χ4n) is 1.91. The second-order valence-electron chi connectivity index (χ2n) is 3.59. The maximum Gasteiger partial charge on any atom is 0.122 e. The van der Waals surface area contributed by atoms with Gasteiger partial charge in [-0.15, -0.1) is 0 Å². The van der Waals surface area contributed by atoms with Gasteiger partial charge in [-0.2, -0.15) is 0 Å². The summed E-state index contributed by atoms with van der Waals surface area (Å²) >= 11 is 3.45. The minimum atomic E-state index is 0.130. The quantitative estimate of drug-likeness (QED) is 0.936. The number of aliphatic hydroxyl groups excluding tert-OH is 1. The molecular weight excluding hydrogens is 268 g/mol. The van der Waals surface area contributed by atoms with E-state index in [1.165, 1.54) is 0 Å². The van der Waals surface area contributed by atoms with E-state index in [1.807, 2.05) is 24.3 Å². The van der Waals surface area contributed by atoms with Gasteiger partial charge in [0, 0.05) is 16.6 Å². The third kappa shape index (κ3) is 2.06. The minimum absolute atomic E-state index is 0.130. The van der Waals surface area contributed by atoms with E-state index >= 15 is 0 Å². The van der Waals surface area contributed by atoms with E-state index in [1.54, 1.807) is 7.11 Å². The first-order valence-corrected chi connectivity index (χ1v) is 5.91. The Bertz CT molecular complexity index is 509. The molecule has 0 aliphatic rings. The van der Waals surface area contributed by atoms with Crippen molar-refractivity contribution < 1.29 is 9.84 Å². The molecule has 0 amide bonds. The lowest BCUT2D eigenvalue weighted by atomic mass is 10.0. The molecule has 0 heterocycles. The maximum atomic E-state index is 9.09. The van der Waals surface area contributed by atoms with Crippen LogP contribution in [-0.2, 0) is 6.42 Å². The molecule has 0 aromatic heterocycles. The van der Waals surface area contributed by atoms with Crippen LogP contribution in [0.15, 0.2) is 34.8 Å². The normalized spacial score (nSPS) is 10.7. The lowest BCUT2D eigenvalue weighted by Crippen LogP contribution is -1.97. The van der Waals surface area contributed by atoms with Crippen LogP contribution >= 0.6 is 15.9 Å². The summed E-state index contributed by atoms with van der Waals surface area (Å²) in [6, 6.07) is 10.1. The zero-order chi connectivity index (χ0) is 11.5. The van der Waals surface area contributed by atoms with Gasteiger partial charge in [0.1, 0.15) is 5.75 Å². The van der Waals surface area contributed by atoms with Gasteiger partial charge in [0.05, 0.1) is 7.11 Å². The number of rotatable bonds is 3. The Morgan fingerprint density at radius 3 is 2.75 bits per heavy atom. The molecule has 0 spiro atoms. The zero-order valence-corrected chi connectivity index (χ0v) is 10.6. The smallest absolute Gasteiger partial charge is 0.122 e. The Morgan fingerprint density at radius 2 is 2.06 bits per heavy atom. The monoisotopic (exact) mass is 280 g/mol. The summed E-state index contributed by atoms with van der Waals surface area (Å²) in [6.07, 6.45) is 0.613. The Hall–Kier alpha value is -1.06. The van der Waals surface area contributed by atoms with Crippen LogP contribution in [0.25, 0.3) is 10.8 Å². The van der Waals surface area contributed by atoms with Crippen molar-refractivity contribution in [3.05, 3.63) is 40.4 Å². The average molecular weight is 281 g/mol. The highest BCUT2D eigenvalue weighted by molar-refractivity contribution is 9.10. The SMILES string of the molecule is COc1ccc2cc(Br)ccc2c1CCO. The third-order valence-electron chi connectivity index (χ3n) is 2.63. The molecule has 84 valence electrons. The fourth-order valence-corrected chi connectivity index (χ4v) is 2.28. The maximum absolute atomic E-state index is 9.09. The fraction of sp³-hybridized carbons (Fsp3) is 0.231. The van der Waals surface area contributed by atoms with Crippen molar-refractivity contribution >= 4 is 26.7 Å². The average Bonchev–Trinajstić information content (AvgIpc) is 2.29. The van der Waals surface area contributed by atoms with Gasteiger partial charge in [-0.3, -0.25) is 0 Å². The molecule has 2 nitrogen and oxygen atoms in total. The van der Waals surface area contributed by atoms with Crippen LogP contribution in [0.4, 0.5) is 0 Å². The van der Waals surface area contributed by atoms with E-state index in [9.17, 15) is 0 Å². The lowest BCUT2D eigenvalue weighted by molar-refractivity contribution is 0.297. The van der Waals surface area contributed by atoms with Crippen LogP contribution < -0.4 is 4.74 Å². The van der Waals surface area contributed by atoms with E-state index in [-0.39, 0.29) is 6.61 Å². The zero-order valence-electron chi connectivity index (χ0n) is 9.03. The van der Waals surface area contributed by atoms with Gasteiger partial charge in [-0.05, 0) is 35.4 Å². The molecule has 0 aliphatic carbocycles. The summed E-state index contributed by atoms with van der Waals surface area (Å²) in [7, 11) is 1.65. The number of halogens is 1. The Morgan fingerprint density at radius 1 is 1.25 bits per heavy atom. The second-order valence-corrected chi connectivity index (χ2v) is 4.50. The summed E-state index contributed by atoms with van der Waals surface area (Å²) < 4.78 is 6.37. The highest BCUT2D eigenvalue weighted by Crippen LogP contribution is 2.30. The molecule has 0 radical (unpaired) electrons. The molecule has 0 saturated carbocycles. The van der Waals surface area contributed by atoms with Crippen LogP contribution in [0.3, 0.4) is 0 Å². The highest BCUT2D eigenvalue weighted by Gasteiger charge is 2.07. The largest absolute Gasteiger partial charge is 0.496 e. The van der Waals surface area contributed by atoms with Crippen LogP contribution in [0.5, 0.6) is 5.75 Å². The number of methoxy groups -OCH3 is 1.